The maximum atomic E-state index is 12.2. The van der Waals surface area contributed by atoms with Crippen molar-refractivity contribution in [1.29, 1.82) is 0 Å². The molecule has 0 spiro atoms. The van der Waals surface area contributed by atoms with Crippen LogP contribution in [0, 0.1) is 23.2 Å². The highest BCUT2D eigenvalue weighted by molar-refractivity contribution is 5.75. The van der Waals surface area contributed by atoms with E-state index in [9.17, 15) is 14.4 Å². The smallest absolute Gasteiger partial charge is 0.328 e. The number of carbonyl (C=O) groups is 1. The van der Waals surface area contributed by atoms with Gasteiger partial charge in [0.2, 0.25) is 5.91 Å². The van der Waals surface area contributed by atoms with Crippen molar-refractivity contribution in [2.24, 2.45) is 23.2 Å². The highest BCUT2D eigenvalue weighted by atomic mass is 16.2. The van der Waals surface area contributed by atoms with Crippen molar-refractivity contribution in [3.63, 3.8) is 0 Å². The van der Waals surface area contributed by atoms with Crippen LogP contribution in [0.2, 0.25) is 0 Å². The number of amides is 1. The normalized spacial score (nSPS) is 34.5. The second kappa shape index (κ2) is 5.35. The Morgan fingerprint density at radius 2 is 1.78 bits per heavy atom. The van der Waals surface area contributed by atoms with Crippen LogP contribution in [0.1, 0.15) is 38.5 Å². The second-order valence-corrected chi connectivity index (χ2v) is 7.93. The molecule has 0 radical (unpaired) electrons. The third-order valence-electron chi connectivity index (χ3n) is 6.04. The van der Waals surface area contributed by atoms with E-state index in [0.29, 0.717) is 5.41 Å². The molecule has 4 saturated carbocycles. The van der Waals surface area contributed by atoms with Gasteiger partial charge in [-0.2, -0.15) is 0 Å². The highest BCUT2D eigenvalue weighted by Crippen LogP contribution is 2.59. The number of aromatic nitrogens is 2. The van der Waals surface area contributed by atoms with Crippen LogP contribution < -0.4 is 16.6 Å². The van der Waals surface area contributed by atoms with Crippen LogP contribution in [-0.4, -0.2) is 22.0 Å². The summed E-state index contributed by atoms with van der Waals surface area (Å²) < 4.78 is 1.23. The lowest BCUT2D eigenvalue weighted by molar-refractivity contribution is -0.123. The molecule has 23 heavy (non-hydrogen) atoms. The minimum absolute atomic E-state index is 0.0397. The van der Waals surface area contributed by atoms with Crippen LogP contribution in [0.5, 0.6) is 0 Å². The van der Waals surface area contributed by atoms with Crippen molar-refractivity contribution in [2.45, 2.75) is 45.1 Å². The zero-order chi connectivity index (χ0) is 16.0. The molecule has 0 atom stereocenters. The number of hydrogen-bond acceptors (Lipinski definition) is 3. The summed E-state index contributed by atoms with van der Waals surface area (Å²) in [6, 6.07) is 1.26. The summed E-state index contributed by atoms with van der Waals surface area (Å²) in [5.74, 6) is 2.43. The Morgan fingerprint density at radius 3 is 2.35 bits per heavy atom. The molecule has 4 aliphatic rings. The number of H-pyrrole nitrogens is 1. The van der Waals surface area contributed by atoms with E-state index >= 15 is 0 Å². The van der Waals surface area contributed by atoms with Gasteiger partial charge in [-0.3, -0.25) is 19.1 Å². The maximum Gasteiger partial charge on any atom is 0.328 e. The zero-order valence-corrected chi connectivity index (χ0v) is 13.2. The lowest BCUT2D eigenvalue weighted by Crippen LogP contribution is -2.51. The third-order valence-corrected chi connectivity index (χ3v) is 6.04. The first-order chi connectivity index (χ1) is 11.0. The third kappa shape index (κ3) is 2.86. The molecule has 6 heteroatoms. The van der Waals surface area contributed by atoms with Crippen molar-refractivity contribution in [3.8, 4) is 0 Å². The molecule has 4 bridgehead atoms. The van der Waals surface area contributed by atoms with Crippen LogP contribution in [-0.2, 0) is 11.3 Å². The Balaban J connectivity index is 1.38. The number of aromatic amines is 1. The molecule has 1 amide bonds. The largest absolute Gasteiger partial charge is 0.354 e. The van der Waals surface area contributed by atoms with Crippen LogP contribution in [0.4, 0.5) is 0 Å². The zero-order valence-electron chi connectivity index (χ0n) is 13.2. The average Bonchev–Trinajstić information content (AvgIpc) is 2.47. The topological polar surface area (TPSA) is 84.0 Å². The van der Waals surface area contributed by atoms with E-state index in [1.54, 1.807) is 0 Å². The molecule has 124 valence electrons. The van der Waals surface area contributed by atoms with Gasteiger partial charge in [0.15, 0.2) is 0 Å². The molecule has 0 unspecified atom stereocenters. The SMILES string of the molecule is O=C(Cn1ccc(=O)[nH]c1=O)NCC12CC3CC(CC(C3)C1)C2. The van der Waals surface area contributed by atoms with Crippen molar-refractivity contribution < 1.29 is 4.79 Å². The van der Waals surface area contributed by atoms with E-state index in [0.717, 1.165) is 24.3 Å². The summed E-state index contributed by atoms with van der Waals surface area (Å²) in [6.45, 7) is 0.690. The maximum absolute atomic E-state index is 12.2. The second-order valence-electron chi connectivity index (χ2n) is 7.93. The Kier molecular flexibility index (Phi) is 3.43. The van der Waals surface area contributed by atoms with Crippen LogP contribution in [0.25, 0.3) is 0 Å². The van der Waals surface area contributed by atoms with Crippen LogP contribution in [0.15, 0.2) is 21.9 Å². The first-order valence-corrected chi connectivity index (χ1v) is 8.58. The van der Waals surface area contributed by atoms with Gasteiger partial charge in [0, 0.05) is 18.8 Å². The Labute approximate surface area is 134 Å². The van der Waals surface area contributed by atoms with E-state index in [1.165, 1.54) is 55.4 Å². The molecule has 2 N–H and O–H groups in total. The molecule has 4 aliphatic carbocycles. The van der Waals surface area contributed by atoms with Crippen molar-refractivity contribution in [2.75, 3.05) is 6.54 Å². The van der Waals surface area contributed by atoms with E-state index in [4.69, 9.17) is 0 Å². The fourth-order valence-corrected chi connectivity index (χ4v) is 5.57. The average molecular weight is 317 g/mol. The quantitative estimate of drug-likeness (QED) is 0.864. The molecule has 4 fully saturated rings. The van der Waals surface area contributed by atoms with Gasteiger partial charge in [0.1, 0.15) is 6.54 Å². The van der Waals surface area contributed by atoms with E-state index in [-0.39, 0.29) is 12.5 Å². The molecule has 0 saturated heterocycles. The number of nitrogens with zero attached hydrogens (tertiary/aromatic N) is 1. The Hall–Kier alpha value is -1.85. The van der Waals surface area contributed by atoms with Crippen LogP contribution in [0.3, 0.4) is 0 Å². The van der Waals surface area contributed by atoms with Gasteiger partial charge < -0.3 is 5.32 Å². The molecule has 1 aromatic heterocycles. The Morgan fingerprint density at radius 1 is 1.17 bits per heavy atom. The predicted octanol–water partition coefficient (Wildman–Crippen LogP) is 0.869. The molecule has 0 aromatic carbocycles. The first kappa shape index (κ1) is 14.7. The number of carbonyl (C=O) groups excluding carboxylic acids is 1. The fourth-order valence-electron chi connectivity index (χ4n) is 5.57. The number of hydrogen-bond donors (Lipinski definition) is 2. The van der Waals surface area contributed by atoms with E-state index < -0.39 is 11.2 Å². The monoisotopic (exact) mass is 317 g/mol. The summed E-state index contributed by atoms with van der Waals surface area (Å²) in [5, 5.41) is 3.04. The molecule has 6 nitrogen and oxygen atoms in total. The molecule has 0 aliphatic heterocycles. The summed E-state index contributed by atoms with van der Waals surface area (Å²) in [4.78, 5) is 37.0. The molecule has 1 heterocycles. The minimum atomic E-state index is -0.539. The van der Waals surface area contributed by atoms with Crippen LogP contribution >= 0.6 is 0 Å². The molecule has 5 rings (SSSR count). The van der Waals surface area contributed by atoms with E-state index in [2.05, 4.69) is 10.3 Å². The van der Waals surface area contributed by atoms with Crippen molar-refractivity contribution >= 4 is 5.91 Å². The van der Waals surface area contributed by atoms with E-state index in [1.807, 2.05) is 0 Å². The Bertz CT molecular complexity index is 698. The number of rotatable bonds is 4. The predicted molar refractivity (Wildman–Crippen MR) is 84.9 cm³/mol. The van der Waals surface area contributed by atoms with Gasteiger partial charge in [0.05, 0.1) is 0 Å². The van der Waals surface area contributed by atoms with Gasteiger partial charge in [-0.15, -0.1) is 0 Å². The lowest BCUT2D eigenvalue weighted by Gasteiger charge is -2.56. The summed E-state index contributed by atoms with van der Waals surface area (Å²) in [6.07, 6.45) is 9.28. The summed E-state index contributed by atoms with van der Waals surface area (Å²) in [7, 11) is 0. The molecule has 1 aromatic rings. The van der Waals surface area contributed by atoms with Crippen molar-refractivity contribution in [1.82, 2.24) is 14.9 Å². The van der Waals surface area contributed by atoms with Gasteiger partial charge >= 0.3 is 5.69 Å². The lowest BCUT2D eigenvalue weighted by atomic mass is 9.49. The minimum Gasteiger partial charge on any atom is -0.354 e. The number of nitrogens with one attached hydrogen (secondary N) is 2. The van der Waals surface area contributed by atoms with Gasteiger partial charge in [0.25, 0.3) is 5.56 Å². The molecular formula is C17H23N3O3. The van der Waals surface area contributed by atoms with Gasteiger partial charge in [-0.05, 0) is 61.7 Å². The summed E-state index contributed by atoms with van der Waals surface area (Å²) >= 11 is 0. The first-order valence-electron chi connectivity index (χ1n) is 8.58. The molecular weight excluding hydrogens is 294 g/mol. The van der Waals surface area contributed by atoms with Crippen molar-refractivity contribution in [3.05, 3.63) is 33.1 Å². The summed E-state index contributed by atoms with van der Waals surface area (Å²) in [5.41, 5.74) is -0.692. The van der Waals surface area contributed by atoms with Gasteiger partial charge in [-0.25, -0.2) is 4.79 Å². The highest BCUT2D eigenvalue weighted by Gasteiger charge is 2.50. The van der Waals surface area contributed by atoms with Gasteiger partial charge in [-0.1, -0.05) is 0 Å². The standard InChI is InChI=1S/C17H23N3O3/c21-14-1-2-20(16(23)19-14)9-15(22)18-10-17-6-11-3-12(7-17)5-13(4-11)8-17/h1-2,11-13H,3-10H2,(H,18,22)(H,19,21,23). The fraction of sp³-hybridized carbons (Fsp3) is 0.706.